The van der Waals surface area contributed by atoms with Crippen LogP contribution in [-0.2, 0) is 14.3 Å². The van der Waals surface area contributed by atoms with Gasteiger partial charge in [-0.3, -0.25) is 9.59 Å². The van der Waals surface area contributed by atoms with E-state index in [2.05, 4.69) is 24.1 Å². The first-order chi connectivity index (χ1) is 11.0. The number of ether oxygens (including phenoxy) is 1. The summed E-state index contributed by atoms with van der Waals surface area (Å²) in [5.41, 5.74) is 0.840. The average Bonchev–Trinajstić information content (AvgIpc) is 2.51. The van der Waals surface area contributed by atoms with E-state index >= 15 is 0 Å². The van der Waals surface area contributed by atoms with Crippen LogP contribution in [-0.4, -0.2) is 48.9 Å². The smallest absolute Gasteiger partial charge is 0.241 e. The van der Waals surface area contributed by atoms with Crippen molar-refractivity contribution < 1.29 is 14.3 Å². The van der Waals surface area contributed by atoms with Crippen molar-refractivity contribution in [2.45, 2.75) is 30.5 Å². The van der Waals surface area contributed by atoms with Gasteiger partial charge in [0.05, 0.1) is 17.5 Å². The molecule has 0 fully saturated rings. The number of aromatic nitrogens is 1. The van der Waals surface area contributed by atoms with E-state index in [9.17, 15) is 9.59 Å². The van der Waals surface area contributed by atoms with Gasteiger partial charge in [-0.05, 0) is 18.1 Å². The van der Waals surface area contributed by atoms with Crippen LogP contribution in [0.25, 0.3) is 0 Å². The number of rotatable bonds is 7. The fourth-order valence-corrected chi connectivity index (χ4v) is 3.52. The molecule has 1 N–H and O–H groups in total. The molecule has 2 heterocycles. The maximum Gasteiger partial charge on any atom is 0.241 e. The highest BCUT2D eigenvalue weighted by atomic mass is 32.2. The first kappa shape index (κ1) is 17.7. The number of pyridine rings is 1. The second kappa shape index (κ2) is 8.31. The summed E-state index contributed by atoms with van der Waals surface area (Å²) in [5, 5.41) is 3.14. The van der Waals surface area contributed by atoms with E-state index in [-0.39, 0.29) is 18.2 Å². The number of fused-ring (bicyclic) bond motifs is 1. The highest BCUT2D eigenvalue weighted by Crippen LogP contribution is 2.38. The van der Waals surface area contributed by atoms with Gasteiger partial charge < -0.3 is 15.0 Å². The van der Waals surface area contributed by atoms with E-state index in [0.717, 1.165) is 10.7 Å². The van der Waals surface area contributed by atoms with Crippen LogP contribution in [0, 0.1) is 5.92 Å². The highest BCUT2D eigenvalue weighted by molar-refractivity contribution is 8.00. The molecule has 0 unspecified atom stereocenters. The van der Waals surface area contributed by atoms with Crippen LogP contribution in [0.3, 0.4) is 0 Å². The lowest BCUT2D eigenvalue weighted by atomic mass is 10.1. The van der Waals surface area contributed by atoms with Crippen molar-refractivity contribution in [1.82, 2.24) is 10.3 Å². The monoisotopic (exact) mass is 337 g/mol. The molecule has 1 atom stereocenters. The molecule has 0 aliphatic carbocycles. The molecule has 6 nitrogen and oxygen atoms in total. The Balaban J connectivity index is 2.10. The molecule has 0 aromatic carbocycles. The Bertz CT molecular complexity index is 565. The summed E-state index contributed by atoms with van der Waals surface area (Å²) in [6.07, 6.45) is 1.86. The van der Waals surface area contributed by atoms with Gasteiger partial charge in [-0.15, -0.1) is 0 Å². The third-order valence-electron chi connectivity index (χ3n) is 3.38. The molecule has 0 saturated carbocycles. The van der Waals surface area contributed by atoms with Gasteiger partial charge in [-0.1, -0.05) is 25.6 Å². The number of hydrogen-bond acceptors (Lipinski definition) is 5. The molecular weight excluding hydrogens is 314 g/mol. The summed E-state index contributed by atoms with van der Waals surface area (Å²) in [5.74, 6) is 0.175. The Morgan fingerprint density at radius 1 is 1.52 bits per heavy atom. The van der Waals surface area contributed by atoms with Crippen LogP contribution in [0.15, 0.2) is 23.4 Å². The van der Waals surface area contributed by atoms with Crippen LogP contribution >= 0.6 is 11.8 Å². The molecule has 0 radical (unpaired) electrons. The quantitative estimate of drug-likeness (QED) is 0.767. The Hall–Kier alpha value is -1.60. The molecule has 1 aliphatic rings. The van der Waals surface area contributed by atoms with Crippen molar-refractivity contribution in [3.63, 3.8) is 0 Å². The summed E-state index contributed by atoms with van der Waals surface area (Å²) in [4.78, 5) is 30.9. The minimum atomic E-state index is -0.432. The predicted molar refractivity (Wildman–Crippen MR) is 90.6 cm³/mol. The van der Waals surface area contributed by atoms with Crippen molar-refractivity contribution >= 4 is 29.3 Å². The highest BCUT2D eigenvalue weighted by Gasteiger charge is 2.35. The topological polar surface area (TPSA) is 71.5 Å². The van der Waals surface area contributed by atoms with E-state index < -0.39 is 5.25 Å². The van der Waals surface area contributed by atoms with Crippen molar-refractivity contribution in [2.75, 3.05) is 31.7 Å². The number of methoxy groups -OCH3 is 1. The van der Waals surface area contributed by atoms with E-state index in [1.807, 2.05) is 12.1 Å². The number of carbonyl (C=O) groups is 2. The lowest BCUT2D eigenvalue weighted by Crippen LogP contribution is -2.45. The molecule has 23 heavy (non-hydrogen) atoms. The number of nitrogens with one attached hydrogen (secondary N) is 1. The molecule has 1 aliphatic heterocycles. The minimum absolute atomic E-state index is 0.0221. The number of hydrogen-bond donors (Lipinski definition) is 1. The van der Waals surface area contributed by atoms with Gasteiger partial charge in [0.1, 0.15) is 5.03 Å². The Morgan fingerprint density at radius 2 is 2.30 bits per heavy atom. The Morgan fingerprint density at radius 3 is 3.00 bits per heavy atom. The lowest BCUT2D eigenvalue weighted by molar-refractivity contribution is -0.125. The van der Waals surface area contributed by atoms with Gasteiger partial charge in [-0.2, -0.15) is 0 Å². The van der Waals surface area contributed by atoms with Gasteiger partial charge in [-0.25, -0.2) is 4.98 Å². The molecule has 1 aromatic rings. The van der Waals surface area contributed by atoms with E-state index in [1.54, 1.807) is 18.2 Å². The molecule has 0 spiro atoms. The molecule has 7 heteroatoms. The predicted octanol–water partition coefficient (Wildman–Crippen LogP) is 1.70. The number of anilines is 1. The third kappa shape index (κ3) is 4.68. The van der Waals surface area contributed by atoms with Gasteiger partial charge in [0.2, 0.25) is 11.8 Å². The number of nitrogens with zero attached hydrogens (tertiary/aromatic N) is 2. The van der Waals surface area contributed by atoms with E-state index in [4.69, 9.17) is 4.74 Å². The van der Waals surface area contributed by atoms with Crippen LogP contribution < -0.4 is 10.2 Å². The summed E-state index contributed by atoms with van der Waals surface area (Å²) in [7, 11) is 1.58. The van der Waals surface area contributed by atoms with E-state index in [0.29, 0.717) is 25.6 Å². The van der Waals surface area contributed by atoms with Gasteiger partial charge in [0.25, 0.3) is 0 Å². The second-order valence-electron chi connectivity index (χ2n) is 5.82. The third-order valence-corrected chi connectivity index (χ3v) is 4.57. The van der Waals surface area contributed by atoms with Crippen LogP contribution in [0.2, 0.25) is 0 Å². The zero-order valence-corrected chi connectivity index (χ0v) is 14.6. The molecule has 2 rings (SSSR count). The van der Waals surface area contributed by atoms with Gasteiger partial charge in [0.15, 0.2) is 0 Å². The zero-order valence-electron chi connectivity index (χ0n) is 13.7. The van der Waals surface area contributed by atoms with Crippen molar-refractivity contribution in [1.29, 1.82) is 0 Å². The Labute approximate surface area is 141 Å². The standard InChI is InChI=1S/C16H23N3O3S/c1-11(2)10-19-12-5-4-6-18-15(12)23-13(16(19)21)9-14(20)17-7-8-22-3/h4-6,11,13H,7-10H2,1-3H3,(H,17,20)/t13-/m1/s1. The molecule has 126 valence electrons. The maximum absolute atomic E-state index is 12.8. The first-order valence-corrected chi connectivity index (χ1v) is 8.59. The van der Waals surface area contributed by atoms with E-state index in [1.165, 1.54) is 11.8 Å². The van der Waals surface area contributed by atoms with Crippen LogP contribution in [0.4, 0.5) is 5.69 Å². The summed E-state index contributed by atoms with van der Waals surface area (Å²) >= 11 is 1.37. The fraction of sp³-hybridized carbons (Fsp3) is 0.562. The maximum atomic E-state index is 12.8. The fourth-order valence-electron chi connectivity index (χ4n) is 2.37. The van der Waals surface area contributed by atoms with Gasteiger partial charge >= 0.3 is 0 Å². The largest absolute Gasteiger partial charge is 0.383 e. The first-order valence-electron chi connectivity index (χ1n) is 7.71. The molecule has 0 bridgehead atoms. The molecular formula is C16H23N3O3S. The molecule has 1 aromatic heterocycles. The zero-order chi connectivity index (χ0) is 16.8. The second-order valence-corrected chi connectivity index (χ2v) is 7.02. The summed E-state index contributed by atoms with van der Waals surface area (Å²) in [6, 6.07) is 3.74. The molecule has 0 saturated heterocycles. The van der Waals surface area contributed by atoms with Crippen LogP contribution in [0.5, 0.6) is 0 Å². The van der Waals surface area contributed by atoms with Gasteiger partial charge in [0, 0.05) is 32.8 Å². The normalized spacial score (nSPS) is 17.3. The number of carbonyl (C=O) groups excluding carboxylic acids is 2. The summed E-state index contributed by atoms with van der Waals surface area (Å²) in [6.45, 7) is 5.67. The number of thioether (sulfide) groups is 1. The average molecular weight is 337 g/mol. The van der Waals surface area contributed by atoms with Crippen molar-refractivity contribution in [2.24, 2.45) is 5.92 Å². The lowest BCUT2D eigenvalue weighted by Gasteiger charge is -2.33. The van der Waals surface area contributed by atoms with Crippen molar-refractivity contribution in [3.8, 4) is 0 Å². The van der Waals surface area contributed by atoms with Crippen molar-refractivity contribution in [3.05, 3.63) is 18.3 Å². The molecule has 2 amide bonds. The SMILES string of the molecule is COCCNC(=O)C[C@H]1Sc2ncccc2N(CC(C)C)C1=O. The number of amides is 2. The summed E-state index contributed by atoms with van der Waals surface area (Å²) < 4.78 is 4.91. The Kier molecular flexibility index (Phi) is 6.41. The minimum Gasteiger partial charge on any atom is -0.383 e. The van der Waals surface area contributed by atoms with Crippen LogP contribution in [0.1, 0.15) is 20.3 Å².